The van der Waals surface area contributed by atoms with E-state index in [1.54, 1.807) is 6.20 Å². The van der Waals surface area contributed by atoms with Gasteiger partial charge in [-0.15, -0.1) is 0 Å². The van der Waals surface area contributed by atoms with Gasteiger partial charge in [-0.1, -0.05) is 6.07 Å². The molecule has 0 spiro atoms. The normalized spacial score (nSPS) is 19.1. The number of hydroxylamine groups is 1. The van der Waals surface area contributed by atoms with E-state index >= 15 is 0 Å². The lowest BCUT2D eigenvalue weighted by Gasteiger charge is -2.34. The van der Waals surface area contributed by atoms with E-state index in [2.05, 4.69) is 62.5 Å². The number of aromatic nitrogens is 4. The number of H-pyrrole nitrogens is 1. The van der Waals surface area contributed by atoms with Gasteiger partial charge in [0.25, 0.3) is 0 Å². The van der Waals surface area contributed by atoms with Gasteiger partial charge in [0.15, 0.2) is 5.82 Å². The van der Waals surface area contributed by atoms with E-state index in [0.29, 0.717) is 12.6 Å². The summed E-state index contributed by atoms with van der Waals surface area (Å²) in [6.07, 6.45) is 6.43. The summed E-state index contributed by atoms with van der Waals surface area (Å²) in [5, 5.41) is 6.20. The topological polar surface area (TPSA) is 85.4 Å². The molecule has 0 radical (unpaired) electrons. The highest BCUT2D eigenvalue weighted by atomic mass is 16.7. The summed E-state index contributed by atoms with van der Waals surface area (Å²) in [6.45, 7) is 4.91. The zero-order valence-electron chi connectivity index (χ0n) is 19.2. The minimum Gasteiger partial charge on any atom is -0.369 e. The Balaban J connectivity index is 1.27. The first kappa shape index (κ1) is 20.9. The van der Waals surface area contributed by atoms with Crippen LogP contribution >= 0.6 is 0 Å². The van der Waals surface area contributed by atoms with E-state index in [1.165, 1.54) is 5.69 Å². The van der Waals surface area contributed by atoms with Gasteiger partial charge in [0.2, 0.25) is 5.95 Å². The van der Waals surface area contributed by atoms with Crippen molar-refractivity contribution >= 4 is 34.2 Å². The molecule has 1 atom stereocenters. The summed E-state index contributed by atoms with van der Waals surface area (Å²) >= 11 is 0. The maximum atomic E-state index is 6.04. The van der Waals surface area contributed by atoms with Crippen LogP contribution < -0.4 is 15.3 Å². The molecule has 6 rings (SSSR count). The van der Waals surface area contributed by atoms with E-state index in [-0.39, 0.29) is 6.04 Å². The van der Waals surface area contributed by atoms with Gasteiger partial charge in [-0.3, -0.25) is 9.82 Å². The number of pyridine rings is 1. The minimum absolute atomic E-state index is 0.0532. The number of benzene rings is 1. The molecule has 0 amide bonds. The van der Waals surface area contributed by atoms with E-state index in [0.717, 1.165) is 60.7 Å². The fraction of sp³-hybridized carbons (Fsp3) is 0.320. The van der Waals surface area contributed by atoms with Crippen molar-refractivity contribution in [1.29, 1.82) is 0 Å². The summed E-state index contributed by atoms with van der Waals surface area (Å²) in [6, 6.07) is 14.6. The Kier molecular flexibility index (Phi) is 5.48. The molecule has 0 unspecified atom stereocenters. The summed E-state index contributed by atoms with van der Waals surface area (Å²) in [4.78, 5) is 27.9. The van der Waals surface area contributed by atoms with Gasteiger partial charge >= 0.3 is 0 Å². The lowest BCUT2D eigenvalue weighted by molar-refractivity contribution is 0.157. The molecule has 9 heteroatoms. The molecule has 2 fully saturated rings. The Bertz CT molecular complexity index is 1250. The van der Waals surface area contributed by atoms with Gasteiger partial charge in [0.05, 0.1) is 18.0 Å². The number of aromatic amines is 1. The average Bonchev–Trinajstić information content (AvgIpc) is 3.55. The number of anilines is 4. The summed E-state index contributed by atoms with van der Waals surface area (Å²) in [7, 11) is 2.17. The van der Waals surface area contributed by atoms with Gasteiger partial charge in [0, 0.05) is 62.6 Å². The van der Waals surface area contributed by atoms with E-state index < -0.39 is 0 Å². The fourth-order valence-electron chi connectivity index (χ4n) is 4.65. The lowest BCUT2D eigenvalue weighted by Crippen LogP contribution is -2.44. The molecule has 2 saturated heterocycles. The van der Waals surface area contributed by atoms with E-state index in [4.69, 9.17) is 14.8 Å². The maximum absolute atomic E-state index is 6.04. The molecular weight excluding hydrogens is 428 g/mol. The molecule has 0 saturated carbocycles. The molecule has 4 aromatic rings. The van der Waals surface area contributed by atoms with Crippen LogP contribution in [0.4, 0.5) is 23.1 Å². The van der Waals surface area contributed by atoms with Crippen LogP contribution in [0.15, 0.2) is 61.1 Å². The molecule has 34 heavy (non-hydrogen) atoms. The molecule has 0 aliphatic carbocycles. The van der Waals surface area contributed by atoms with Gasteiger partial charge in [-0.05, 0) is 49.0 Å². The van der Waals surface area contributed by atoms with Crippen molar-refractivity contribution in [1.82, 2.24) is 24.8 Å². The highest BCUT2D eigenvalue weighted by molar-refractivity contribution is 5.88. The zero-order chi connectivity index (χ0) is 22.9. The molecule has 1 aromatic carbocycles. The second-order valence-corrected chi connectivity index (χ2v) is 8.82. The quantitative estimate of drug-likeness (QED) is 0.470. The van der Waals surface area contributed by atoms with Crippen LogP contribution in [0, 0.1) is 0 Å². The SMILES string of the molecule is CN1CCN(c2ccc(Nc3nc(N4OCC[C@H]4c4cccnc4)c4cc[nH]c4n3)cc2)CC1. The Morgan fingerprint density at radius 1 is 1.03 bits per heavy atom. The summed E-state index contributed by atoms with van der Waals surface area (Å²) < 4.78 is 0. The number of hydrogen-bond donors (Lipinski definition) is 2. The van der Waals surface area contributed by atoms with Crippen LogP contribution in [-0.2, 0) is 4.84 Å². The van der Waals surface area contributed by atoms with Crippen LogP contribution in [0.3, 0.4) is 0 Å². The van der Waals surface area contributed by atoms with Crippen LogP contribution in [-0.4, -0.2) is 64.7 Å². The van der Waals surface area contributed by atoms with Gasteiger partial charge in [-0.25, -0.2) is 5.06 Å². The predicted molar refractivity (Wildman–Crippen MR) is 133 cm³/mol. The first-order chi connectivity index (χ1) is 16.7. The first-order valence-corrected chi connectivity index (χ1v) is 11.7. The molecule has 2 aliphatic rings. The fourth-order valence-corrected chi connectivity index (χ4v) is 4.65. The average molecular weight is 457 g/mol. The Morgan fingerprint density at radius 2 is 1.88 bits per heavy atom. The van der Waals surface area contributed by atoms with Crippen molar-refractivity contribution in [3.05, 3.63) is 66.6 Å². The van der Waals surface area contributed by atoms with Crippen molar-refractivity contribution in [3.8, 4) is 0 Å². The molecule has 0 bridgehead atoms. The van der Waals surface area contributed by atoms with Crippen LogP contribution in [0.2, 0.25) is 0 Å². The summed E-state index contributed by atoms with van der Waals surface area (Å²) in [5.74, 6) is 1.27. The van der Waals surface area contributed by atoms with Gasteiger partial charge in [-0.2, -0.15) is 9.97 Å². The van der Waals surface area contributed by atoms with Crippen molar-refractivity contribution in [2.75, 3.05) is 55.1 Å². The first-order valence-electron chi connectivity index (χ1n) is 11.7. The highest BCUT2D eigenvalue weighted by Gasteiger charge is 2.31. The van der Waals surface area contributed by atoms with E-state index in [9.17, 15) is 0 Å². The van der Waals surface area contributed by atoms with Crippen LogP contribution in [0.1, 0.15) is 18.0 Å². The maximum Gasteiger partial charge on any atom is 0.231 e. The third kappa shape index (κ3) is 4.04. The van der Waals surface area contributed by atoms with Crippen LogP contribution in [0.25, 0.3) is 11.0 Å². The lowest BCUT2D eigenvalue weighted by atomic mass is 10.1. The third-order valence-corrected chi connectivity index (χ3v) is 6.57. The monoisotopic (exact) mass is 456 g/mol. The smallest absolute Gasteiger partial charge is 0.231 e. The van der Waals surface area contributed by atoms with Crippen molar-refractivity contribution in [2.45, 2.75) is 12.5 Å². The van der Waals surface area contributed by atoms with Crippen molar-refractivity contribution in [3.63, 3.8) is 0 Å². The highest BCUT2D eigenvalue weighted by Crippen LogP contribution is 2.37. The summed E-state index contributed by atoms with van der Waals surface area (Å²) in [5.41, 5.74) is 4.06. The molecule has 174 valence electrons. The number of piperazine rings is 1. The zero-order valence-corrected chi connectivity index (χ0v) is 19.2. The third-order valence-electron chi connectivity index (χ3n) is 6.57. The second-order valence-electron chi connectivity index (χ2n) is 8.82. The van der Waals surface area contributed by atoms with Gasteiger partial charge < -0.3 is 20.1 Å². The Hall–Kier alpha value is -3.69. The molecule has 3 aromatic heterocycles. The standard InChI is InChI=1S/C25H28N8O/c1-31-12-14-32(15-13-31)20-6-4-19(5-7-20)28-25-29-23-21(8-11-27-23)24(30-25)33-22(9-16-34-33)18-3-2-10-26-17-18/h2-8,10-11,17,22H,9,12-16H2,1H3,(H2,27,28,29,30)/t22-/m0/s1. The molecule has 5 heterocycles. The number of nitrogens with zero attached hydrogens (tertiary/aromatic N) is 6. The number of likely N-dealkylation sites (N-methyl/N-ethyl adjacent to an activating group) is 1. The largest absolute Gasteiger partial charge is 0.369 e. The molecule has 2 N–H and O–H groups in total. The number of fused-ring (bicyclic) bond motifs is 1. The predicted octanol–water partition coefficient (Wildman–Crippen LogP) is 3.73. The minimum atomic E-state index is 0.0532. The van der Waals surface area contributed by atoms with Crippen molar-refractivity contribution in [2.24, 2.45) is 0 Å². The Morgan fingerprint density at radius 3 is 2.68 bits per heavy atom. The Labute approximate surface area is 198 Å². The number of rotatable bonds is 5. The van der Waals surface area contributed by atoms with E-state index in [1.807, 2.05) is 29.6 Å². The molecular formula is C25H28N8O. The number of nitrogens with one attached hydrogen (secondary N) is 2. The molecule has 9 nitrogen and oxygen atoms in total. The van der Waals surface area contributed by atoms with Gasteiger partial charge in [0.1, 0.15) is 5.65 Å². The second kappa shape index (κ2) is 8.92. The van der Waals surface area contributed by atoms with Crippen molar-refractivity contribution < 1.29 is 4.84 Å². The molecule has 2 aliphatic heterocycles. The van der Waals surface area contributed by atoms with Crippen LogP contribution in [0.5, 0.6) is 0 Å². The number of hydrogen-bond acceptors (Lipinski definition) is 8.